The molecule has 0 amide bonds. The fourth-order valence-corrected chi connectivity index (χ4v) is 2.86. The van der Waals surface area contributed by atoms with Gasteiger partial charge in [-0.05, 0) is 41.2 Å². The molecule has 5 heteroatoms. The van der Waals surface area contributed by atoms with Crippen molar-refractivity contribution in [2.45, 2.75) is 6.54 Å². The molecule has 0 radical (unpaired) electrons. The van der Waals surface area contributed by atoms with Crippen LogP contribution >= 0.6 is 27.3 Å². The first kappa shape index (κ1) is 12.5. The average molecular weight is 313 g/mol. The number of ether oxygens (including phenoxy) is 1. The Bertz CT molecular complexity index is 513. The van der Waals surface area contributed by atoms with Gasteiger partial charge < -0.3 is 10.1 Å². The van der Waals surface area contributed by atoms with Crippen LogP contribution in [0.5, 0.6) is 5.75 Å². The first-order valence-electron chi connectivity index (χ1n) is 5.17. The Hall–Kier alpha value is -0.910. The predicted molar refractivity (Wildman–Crippen MR) is 74.6 cm³/mol. The van der Waals surface area contributed by atoms with Crippen LogP contribution in [0.1, 0.15) is 5.69 Å². The van der Waals surface area contributed by atoms with Crippen LogP contribution in [0.25, 0.3) is 10.6 Å². The molecule has 0 fully saturated rings. The van der Waals surface area contributed by atoms with Crippen LogP contribution < -0.4 is 10.1 Å². The zero-order valence-electron chi connectivity index (χ0n) is 9.66. The van der Waals surface area contributed by atoms with E-state index in [1.807, 2.05) is 25.2 Å². The minimum atomic E-state index is 0.799. The lowest BCUT2D eigenvalue weighted by molar-refractivity contribution is 0.412. The number of halogens is 1. The summed E-state index contributed by atoms with van der Waals surface area (Å²) in [7, 11) is 3.58. The molecule has 0 aliphatic rings. The van der Waals surface area contributed by atoms with Gasteiger partial charge in [0.25, 0.3) is 0 Å². The van der Waals surface area contributed by atoms with Crippen molar-refractivity contribution >= 4 is 27.3 Å². The SMILES string of the molecule is CNCc1csc(-c2ccc(OC)c(Br)c2)n1. The molecule has 3 nitrogen and oxygen atoms in total. The Morgan fingerprint density at radius 1 is 1.47 bits per heavy atom. The third kappa shape index (κ3) is 2.86. The Morgan fingerprint density at radius 2 is 2.29 bits per heavy atom. The Balaban J connectivity index is 2.29. The normalized spacial score (nSPS) is 10.5. The second kappa shape index (κ2) is 5.62. The minimum absolute atomic E-state index is 0.799. The zero-order valence-corrected chi connectivity index (χ0v) is 12.1. The monoisotopic (exact) mass is 312 g/mol. The maximum atomic E-state index is 5.21. The standard InChI is InChI=1S/C12H13BrN2OS/c1-14-6-9-7-17-12(15-9)8-3-4-11(16-2)10(13)5-8/h3-5,7,14H,6H2,1-2H3. The highest BCUT2D eigenvalue weighted by Gasteiger charge is 2.07. The summed E-state index contributed by atoms with van der Waals surface area (Å²) < 4.78 is 6.15. The third-order valence-electron chi connectivity index (χ3n) is 2.31. The van der Waals surface area contributed by atoms with Gasteiger partial charge in [0.1, 0.15) is 10.8 Å². The van der Waals surface area contributed by atoms with Crippen LogP contribution in [0.4, 0.5) is 0 Å². The molecule has 2 rings (SSSR count). The fourth-order valence-electron chi connectivity index (χ4n) is 1.50. The number of aromatic nitrogens is 1. The third-order valence-corrected chi connectivity index (χ3v) is 3.87. The zero-order chi connectivity index (χ0) is 12.3. The Morgan fingerprint density at radius 3 is 2.94 bits per heavy atom. The molecule has 17 heavy (non-hydrogen) atoms. The summed E-state index contributed by atoms with van der Waals surface area (Å²) in [6.45, 7) is 0.799. The van der Waals surface area contributed by atoms with Crippen LogP contribution in [-0.2, 0) is 6.54 Å². The number of hydrogen-bond donors (Lipinski definition) is 1. The summed E-state index contributed by atoms with van der Waals surface area (Å²) in [6.07, 6.45) is 0. The molecule has 0 atom stereocenters. The number of thiazole rings is 1. The van der Waals surface area contributed by atoms with E-state index in [9.17, 15) is 0 Å². The van der Waals surface area contributed by atoms with Gasteiger partial charge in [0.05, 0.1) is 17.3 Å². The summed E-state index contributed by atoms with van der Waals surface area (Å²) in [5.41, 5.74) is 2.17. The lowest BCUT2D eigenvalue weighted by atomic mass is 10.2. The summed E-state index contributed by atoms with van der Waals surface area (Å²) in [4.78, 5) is 4.56. The molecule has 1 heterocycles. The van der Waals surface area contributed by atoms with E-state index >= 15 is 0 Å². The lowest BCUT2D eigenvalue weighted by Gasteiger charge is -2.04. The number of nitrogens with one attached hydrogen (secondary N) is 1. The molecular weight excluding hydrogens is 300 g/mol. The Kier molecular flexibility index (Phi) is 4.15. The fraction of sp³-hybridized carbons (Fsp3) is 0.250. The minimum Gasteiger partial charge on any atom is -0.496 e. The number of benzene rings is 1. The molecule has 0 unspecified atom stereocenters. The lowest BCUT2D eigenvalue weighted by Crippen LogP contribution is -2.04. The molecule has 0 saturated heterocycles. The molecule has 0 spiro atoms. The van der Waals surface area contributed by atoms with Crippen molar-refractivity contribution in [3.8, 4) is 16.3 Å². The molecule has 1 aromatic carbocycles. The van der Waals surface area contributed by atoms with Gasteiger partial charge in [-0.2, -0.15) is 0 Å². The number of methoxy groups -OCH3 is 1. The van der Waals surface area contributed by atoms with Gasteiger partial charge in [-0.3, -0.25) is 0 Å². The van der Waals surface area contributed by atoms with Crippen LogP contribution in [0.2, 0.25) is 0 Å². The van der Waals surface area contributed by atoms with Gasteiger partial charge >= 0.3 is 0 Å². The molecule has 0 bridgehead atoms. The second-order valence-corrected chi connectivity index (χ2v) is 5.24. The van der Waals surface area contributed by atoms with Crippen molar-refractivity contribution in [2.24, 2.45) is 0 Å². The van der Waals surface area contributed by atoms with Gasteiger partial charge in [-0.1, -0.05) is 0 Å². The maximum absolute atomic E-state index is 5.21. The van der Waals surface area contributed by atoms with E-state index in [2.05, 4.69) is 31.6 Å². The number of rotatable bonds is 4. The summed E-state index contributed by atoms with van der Waals surface area (Å²) in [5, 5.41) is 6.19. The second-order valence-electron chi connectivity index (χ2n) is 3.52. The van der Waals surface area contributed by atoms with E-state index < -0.39 is 0 Å². The van der Waals surface area contributed by atoms with Crippen LogP contribution in [-0.4, -0.2) is 19.1 Å². The highest BCUT2D eigenvalue weighted by Crippen LogP contribution is 2.31. The Labute approximate surface area is 113 Å². The molecule has 0 saturated carbocycles. The highest BCUT2D eigenvalue weighted by molar-refractivity contribution is 9.10. The van der Waals surface area contributed by atoms with Gasteiger partial charge in [-0.15, -0.1) is 11.3 Å². The van der Waals surface area contributed by atoms with Crippen LogP contribution in [0.15, 0.2) is 28.1 Å². The van der Waals surface area contributed by atoms with Gasteiger partial charge in [0, 0.05) is 17.5 Å². The molecular formula is C12H13BrN2OS. The van der Waals surface area contributed by atoms with Crippen LogP contribution in [0, 0.1) is 0 Å². The highest BCUT2D eigenvalue weighted by atomic mass is 79.9. The summed E-state index contributed by atoms with van der Waals surface area (Å²) in [6, 6.07) is 5.99. The molecule has 90 valence electrons. The summed E-state index contributed by atoms with van der Waals surface area (Å²) in [5.74, 6) is 0.834. The number of hydrogen-bond acceptors (Lipinski definition) is 4. The van der Waals surface area contributed by atoms with Crippen molar-refractivity contribution in [3.63, 3.8) is 0 Å². The molecule has 2 aromatic rings. The average Bonchev–Trinajstić information content (AvgIpc) is 2.78. The van der Waals surface area contributed by atoms with E-state index in [4.69, 9.17) is 4.74 Å². The van der Waals surface area contributed by atoms with Crippen molar-refractivity contribution in [3.05, 3.63) is 33.7 Å². The molecule has 1 aromatic heterocycles. The van der Waals surface area contributed by atoms with Crippen molar-refractivity contribution in [1.29, 1.82) is 0 Å². The van der Waals surface area contributed by atoms with Crippen LogP contribution in [0.3, 0.4) is 0 Å². The van der Waals surface area contributed by atoms with E-state index in [-0.39, 0.29) is 0 Å². The largest absolute Gasteiger partial charge is 0.496 e. The van der Waals surface area contributed by atoms with Crippen molar-refractivity contribution in [2.75, 3.05) is 14.2 Å². The topological polar surface area (TPSA) is 34.1 Å². The van der Waals surface area contributed by atoms with Crippen molar-refractivity contribution < 1.29 is 4.74 Å². The molecule has 0 aliphatic heterocycles. The van der Waals surface area contributed by atoms with E-state index in [0.717, 1.165) is 33.0 Å². The molecule has 1 N–H and O–H groups in total. The van der Waals surface area contributed by atoms with E-state index in [1.54, 1.807) is 18.4 Å². The van der Waals surface area contributed by atoms with Gasteiger partial charge in [0.15, 0.2) is 0 Å². The molecule has 0 aliphatic carbocycles. The quantitative estimate of drug-likeness (QED) is 0.940. The first-order chi connectivity index (χ1) is 8.24. The van der Waals surface area contributed by atoms with E-state index in [0.29, 0.717) is 0 Å². The van der Waals surface area contributed by atoms with Gasteiger partial charge in [-0.25, -0.2) is 4.98 Å². The summed E-state index contributed by atoms with van der Waals surface area (Å²) >= 11 is 5.13. The van der Waals surface area contributed by atoms with Gasteiger partial charge in [0.2, 0.25) is 0 Å². The van der Waals surface area contributed by atoms with E-state index in [1.165, 1.54) is 0 Å². The van der Waals surface area contributed by atoms with Crippen molar-refractivity contribution in [1.82, 2.24) is 10.3 Å². The predicted octanol–water partition coefficient (Wildman–Crippen LogP) is 3.30. The number of nitrogens with zero attached hydrogens (tertiary/aromatic N) is 1. The first-order valence-corrected chi connectivity index (χ1v) is 6.84. The maximum Gasteiger partial charge on any atom is 0.133 e. The smallest absolute Gasteiger partial charge is 0.133 e.